The van der Waals surface area contributed by atoms with Crippen LogP contribution in [0.15, 0.2) is 24.3 Å². The molecule has 0 saturated carbocycles. The summed E-state index contributed by atoms with van der Waals surface area (Å²) in [7, 11) is 0. The molecule has 1 N–H and O–H groups in total. The first-order chi connectivity index (χ1) is 8.14. The Hall–Kier alpha value is -1.53. The van der Waals surface area contributed by atoms with Crippen LogP contribution in [0, 0.1) is 11.3 Å². The van der Waals surface area contributed by atoms with Crippen molar-refractivity contribution in [1.29, 1.82) is 5.26 Å². The number of rotatable bonds is 3. The van der Waals surface area contributed by atoms with Crippen molar-refractivity contribution in [2.75, 3.05) is 13.1 Å². The molecule has 0 radical (unpaired) electrons. The molecule has 1 unspecified atom stereocenters. The maximum atomic E-state index is 9.42. The summed E-state index contributed by atoms with van der Waals surface area (Å²) in [6, 6.07) is 9.58. The molecular weight excluding hydrogens is 212 g/mol. The first-order valence-corrected chi connectivity index (χ1v) is 6.08. The van der Waals surface area contributed by atoms with Crippen molar-refractivity contribution in [1.82, 2.24) is 4.90 Å². The van der Waals surface area contributed by atoms with Crippen molar-refractivity contribution in [3.8, 4) is 11.8 Å². The second-order valence-electron chi connectivity index (χ2n) is 4.92. The SMILES string of the molecule is CC(C#N)(Cc1ccc(O)cc1)N1CCCC1. The lowest BCUT2D eigenvalue weighted by molar-refractivity contribution is 0.191. The smallest absolute Gasteiger partial charge is 0.115 e. The van der Waals surface area contributed by atoms with E-state index < -0.39 is 5.54 Å². The minimum atomic E-state index is -0.423. The number of hydrogen-bond acceptors (Lipinski definition) is 3. The Bertz CT molecular complexity index is 415. The summed E-state index contributed by atoms with van der Waals surface area (Å²) in [5.74, 6) is 0.272. The van der Waals surface area contributed by atoms with E-state index in [1.165, 1.54) is 12.8 Å². The lowest BCUT2D eigenvalue weighted by atomic mass is 9.92. The van der Waals surface area contributed by atoms with Gasteiger partial charge in [-0.2, -0.15) is 5.26 Å². The van der Waals surface area contributed by atoms with Crippen molar-refractivity contribution < 1.29 is 5.11 Å². The van der Waals surface area contributed by atoms with Gasteiger partial charge in [0.2, 0.25) is 0 Å². The summed E-state index contributed by atoms with van der Waals surface area (Å²) in [6.45, 7) is 4.04. The van der Waals surface area contributed by atoms with E-state index in [9.17, 15) is 10.4 Å². The Kier molecular flexibility index (Phi) is 3.35. The van der Waals surface area contributed by atoms with Crippen molar-refractivity contribution in [2.45, 2.75) is 31.7 Å². The molecule has 1 aliphatic heterocycles. The molecule has 3 heteroatoms. The maximum absolute atomic E-state index is 9.42. The van der Waals surface area contributed by atoms with Crippen LogP contribution in [0.3, 0.4) is 0 Å². The zero-order valence-electron chi connectivity index (χ0n) is 10.2. The van der Waals surface area contributed by atoms with Crippen LogP contribution >= 0.6 is 0 Å². The fourth-order valence-electron chi connectivity index (χ4n) is 2.44. The summed E-state index contributed by atoms with van der Waals surface area (Å²) in [5, 5.41) is 18.7. The predicted octanol–water partition coefficient (Wildman–Crippen LogP) is 2.31. The standard InChI is InChI=1S/C14H18N2O/c1-14(11-15,16-8-2-3-9-16)10-12-4-6-13(17)7-5-12/h4-7,17H,2-3,8-10H2,1H3. The number of likely N-dealkylation sites (tertiary alicyclic amines) is 1. The number of hydrogen-bond donors (Lipinski definition) is 1. The lowest BCUT2D eigenvalue weighted by Crippen LogP contribution is -2.45. The Morgan fingerprint density at radius 1 is 1.29 bits per heavy atom. The Labute approximate surface area is 102 Å². The third kappa shape index (κ3) is 2.59. The molecule has 0 spiro atoms. The van der Waals surface area contributed by atoms with Crippen LogP contribution in [0.1, 0.15) is 25.3 Å². The van der Waals surface area contributed by atoms with Crippen LogP contribution < -0.4 is 0 Å². The van der Waals surface area contributed by atoms with Crippen LogP contribution in [-0.4, -0.2) is 28.6 Å². The van der Waals surface area contributed by atoms with E-state index in [1.807, 2.05) is 19.1 Å². The summed E-state index contributed by atoms with van der Waals surface area (Å²) in [5.41, 5.74) is 0.673. The van der Waals surface area contributed by atoms with Gasteiger partial charge in [0.15, 0.2) is 0 Å². The Morgan fingerprint density at radius 3 is 2.41 bits per heavy atom. The Morgan fingerprint density at radius 2 is 1.88 bits per heavy atom. The Balaban J connectivity index is 2.14. The van der Waals surface area contributed by atoms with E-state index in [0.29, 0.717) is 6.42 Å². The lowest BCUT2D eigenvalue weighted by Gasteiger charge is -2.32. The van der Waals surface area contributed by atoms with E-state index in [2.05, 4.69) is 11.0 Å². The van der Waals surface area contributed by atoms with Crippen molar-refractivity contribution >= 4 is 0 Å². The maximum Gasteiger partial charge on any atom is 0.115 e. The van der Waals surface area contributed by atoms with Gasteiger partial charge in [-0.25, -0.2) is 0 Å². The molecule has 1 fully saturated rings. The normalized spacial score (nSPS) is 19.8. The van der Waals surface area contributed by atoms with Crippen molar-refractivity contribution in [3.63, 3.8) is 0 Å². The van der Waals surface area contributed by atoms with E-state index in [-0.39, 0.29) is 5.75 Å². The fourth-order valence-corrected chi connectivity index (χ4v) is 2.44. The van der Waals surface area contributed by atoms with E-state index >= 15 is 0 Å². The number of aromatic hydroxyl groups is 1. The van der Waals surface area contributed by atoms with Crippen molar-refractivity contribution in [2.24, 2.45) is 0 Å². The highest BCUT2D eigenvalue weighted by molar-refractivity contribution is 5.28. The zero-order valence-corrected chi connectivity index (χ0v) is 10.2. The summed E-state index contributed by atoms with van der Waals surface area (Å²) in [4.78, 5) is 2.26. The number of benzene rings is 1. The zero-order chi connectivity index (χ0) is 12.3. The first kappa shape index (κ1) is 11.9. The highest BCUT2D eigenvalue weighted by atomic mass is 16.3. The molecule has 0 amide bonds. The van der Waals surface area contributed by atoms with Gasteiger partial charge in [-0.3, -0.25) is 4.90 Å². The third-order valence-corrected chi connectivity index (χ3v) is 3.53. The van der Waals surface area contributed by atoms with Gasteiger partial charge in [0.05, 0.1) is 6.07 Å². The summed E-state index contributed by atoms with van der Waals surface area (Å²) < 4.78 is 0. The molecule has 0 aliphatic carbocycles. The van der Waals surface area contributed by atoms with Gasteiger partial charge in [-0.05, 0) is 50.6 Å². The second-order valence-corrected chi connectivity index (χ2v) is 4.92. The first-order valence-electron chi connectivity index (χ1n) is 6.08. The van der Waals surface area contributed by atoms with Gasteiger partial charge in [-0.15, -0.1) is 0 Å². The molecule has 0 aromatic heterocycles. The molecule has 1 heterocycles. The number of phenols is 1. The topological polar surface area (TPSA) is 47.3 Å². The van der Waals surface area contributed by atoms with Crippen LogP contribution in [0.25, 0.3) is 0 Å². The molecule has 1 saturated heterocycles. The van der Waals surface area contributed by atoms with Gasteiger partial charge in [0.1, 0.15) is 11.3 Å². The second kappa shape index (κ2) is 4.77. The molecule has 1 aliphatic rings. The molecule has 17 heavy (non-hydrogen) atoms. The van der Waals surface area contributed by atoms with Crippen LogP contribution in [0.2, 0.25) is 0 Å². The third-order valence-electron chi connectivity index (χ3n) is 3.53. The van der Waals surface area contributed by atoms with Gasteiger partial charge in [0, 0.05) is 6.42 Å². The number of nitrogens with zero attached hydrogens (tertiary/aromatic N) is 2. The largest absolute Gasteiger partial charge is 0.508 e. The number of phenolic OH excluding ortho intramolecular Hbond substituents is 1. The molecule has 2 rings (SSSR count). The average molecular weight is 230 g/mol. The van der Waals surface area contributed by atoms with Crippen LogP contribution in [-0.2, 0) is 6.42 Å². The summed E-state index contributed by atoms with van der Waals surface area (Å²) in [6.07, 6.45) is 3.09. The quantitative estimate of drug-likeness (QED) is 0.866. The van der Waals surface area contributed by atoms with Crippen LogP contribution in [0.4, 0.5) is 0 Å². The highest BCUT2D eigenvalue weighted by Crippen LogP contribution is 2.25. The fraction of sp³-hybridized carbons (Fsp3) is 0.500. The molecule has 0 bridgehead atoms. The van der Waals surface area contributed by atoms with Crippen molar-refractivity contribution in [3.05, 3.63) is 29.8 Å². The van der Waals surface area contributed by atoms with E-state index in [1.54, 1.807) is 12.1 Å². The summed E-state index contributed by atoms with van der Waals surface area (Å²) >= 11 is 0. The minimum absolute atomic E-state index is 0.272. The predicted molar refractivity (Wildman–Crippen MR) is 66.6 cm³/mol. The van der Waals surface area contributed by atoms with Gasteiger partial charge < -0.3 is 5.11 Å². The average Bonchev–Trinajstić information content (AvgIpc) is 2.86. The van der Waals surface area contributed by atoms with E-state index in [4.69, 9.17) is 0 Å². The van der Waals surface area contributed by atoms with Gasteiger partial charge in [-0.1, -0.05) is 12.1 Å². The molecule has 3 nitrogen and oxygen atoms in total. The van der Waals surface area contributed by atoms with Gasteiger partial charge >= 0.3 is 0 Å². The highest BCUT2D eigenvalue weighted by Gasteiger charge is 2.33. The minimum Gasteiger partial charge on any atom is -0.508 e. The molecular formula is C14H18N2O. The molecule has 1 atom stereocenters. The van der Waals surface area contributed by atoms with E-state index in [0.717, 1.165) is 18.7 Å². The van der Waals surface area contributed by atoms with Gasteiger partial charge in [0.25, 0.3) is 0 Å². The molecule has 1 aromatic carbocycles. The number of nitriles is 1. The monoisotopic (exact) mass is 230 g/mol. The van der Waals surface area contributed by atoms with Crippen LogP contribution in [0.5, 0.6) is 5.75 Å². The molecule has 90 valence electrons. The molecule has 1 aromatic rings.